The Balaban J connectivity index is 1.48. The van der Waals surface area contributed by atoms with Gasteiger partial charge in [-0.15, -0.1) is 0 Å². The first-order chi connectivity index (χ1) is 15.7. The highest BCUT2D eigenvalue weighted by Gasteiger charge is 2.62. The smallest absolute Gasteiger partial charge is 0.390 e. The zero-order chi connectivity index (χ0) is 25.2. The molecule has 0 aliphatic heterocycles. The van der Waals surface area contributed by atoms with Gasteiger partial charge in [0.05, 0.1) is 11.7 Å². The SMILES string of the molecule is CC[C@]1(O)CC[C@@]2(C)[C@H](CC[C@@H]3[C@@H]2CC[C@]2(C)[C@@H]([C@@H](CC[C@](C)(O)C(F)(F)F)OC)CC[C@@H]32)C1. The Hall–Kier alpha value is -0.330. The minimum absolute atomic E-state index is 0.0912. The van der Waals surface area contributed by atoms with E-state index in [1.165, 1.54) is 19.3 Å². The van der Waals surface area contributed by atoms with Crippen molar-refractivity contribution in [2.45, 2.75) is 128 Å². The van der Waals surface area contributed by atoms with E-state index in [0.717, 1.165) is 51.9 Å². The van der Waals surface area contributed by atoms with E-state index in [2.05, 4.69) is 20.8 Å². The van der Waals surface area contributed by atoms with Crippen molar-refractivity contribution in [1.29, 1.82) is 0 Å². The van der Waals surface area contributed by atoms with Gasteiger partial charge in [0, 0.05) is 7.11 Å². The minimum Gasteiger partial charge on any atom is -0.390 e. The summed E-state index contributed by atoms with van der Waals surface area (Å²) in [6.07, 6.45) is 5.71. The van der Waals surface area contributed by atoms with Gasteiger partial charge in [-0.05, 0) is 124 Å². The Kier molecular flexibility index (Phi) is 7.00. The van der Waals surface area contributed by atoms with Crippen molar-refractivity contribution in [2.75, 3.05) is 7.11 Å². The number of hydrogen-bond acceptors (Lipinski definition) is 3. The fraction of sp³-hybridized carbons (Fsp3) is 1.00. The summed E-state index contributed by atoms with van der Waals surface area (Å²) in [6.45, 7) is 7.87. The lowest BCUT2D eigenvalue weighted by molar-refractivity contribution is -0.257. The number of aliphatic hydroxyl groups is 2. The molecule has 4 fully saturated rings. The molecule has 0 unspecified atom stereocenters. The molecule has 4 aliphatic carbocycles. The molecule has 10 atom stereocenters. The lowest BCUT2D eigenvalue weighted by atomic mass is 9.43. The van der Waals surface area contributed by atoms with Crippen LogP contribution in [-0.4, -0.2) is 40.8 Å². The van der Waals surface area contributed by atoms with Crippen LogP contribution in [0, 0.1) is 40.4 Å². The highest BCUT2D eigenvalue weighted by molar-refractivity contribution is 5.11. The molecular formula is C28H47F3O3. The van der Waals surface area contributed by atoms with E-state index in [4.69, 9.17) is 4.74 Å². The number of fused-ring (bicyclic) bond motifs is 5. The average molecular weight is 489 g/mol. The summed E-state index contributed by atoms with van der Waals surface area (Å²) in [4.78, 5) is 0. The standard InChI is InChI=1S/C28H47F3O3/c1-6-27(33)16-15-24(2)18(17-27)7-8-19-20-9-10-22(25(20,3)13-11-21(19)24)23(34-5)12-14-26(4,32)28(29,30)31/h18-23,32-33H,6-17H2,1-5H3/t18-,19+,20+,21+,22-,23-,24+,25+,26+,27+/m1/s1. The Labute approximate surface area is 204 Å². The van der Waals surface area contributed by atoms with Crippen molar-refractivity contribution >= 4 is 0 Å². The Morgan fingerprint density at radius 2 is 1.65 bits per heavy atom. The van der Waals surface area contributed by atoms with Gasteiger partial charge in [-0.1, -0.05) is 20.8 Å². The van der Waals surface area contributed by atoms with Crippen molar-refractivity contribution in [1.82, 2.24) is 0 Å². The van der Waals surface area contributed by atoms with E-state index >= 15 is 0 Å². The van der Waals surface area contributed by atoms with Crippen LogP contribution in [0.3, 0.4) is 0 Å². The van der Waals surface area contributed by atoms with E-state index in [0.29, 0.717) is 29.1 Å². The van der Waals surface area contributed by atoms with Gasteiger partial charge in [0.1, 0.15) is 0 Å². The van der Waals surface area contributed by atoms with Gasteiger partial charge in [0.2, 0.25) is 0 Å². The van der Waals surface area contributed by atoms with Gasteiger partial charge in [0.25, 0.3) is 0 Å². The number of hydrogen-bond donors (Lipinski definition) is 2. The summed E-state index contributed by atoms with van der Waals surface area (Å²) in [5.41, 5.74) is -2.76. The molecule has 0 heterocycles. The molecule has 3 nitrogen and oxygen atoms in total. The second-order valence-corrected chi connectivity index (χ2v) is 13.3. The van der Waals surface area contributed by atoms with Gasteiger partial charge < -0.3 is 14.9 Å². The van der Waals surface area contributed by atoms with E-state index < -0.39 is 17.4 Å². The quantitative estimate of drug-likeness (QED) is 0.428. The number of halogens is 3. The summed E-state index contributed by atoms with van der Waals surface area (Å²) in [6, 6.07) is 0. The van der Waals surface area contributed by atoms with Crippen molar-refractivity contribution in [3.05, 3.63) is 0 Å². The van der Waals surface area contributed by atoms with Crippen LogP contribution in [-0.2, 0) is 4.74 Å². The summed E-state index contributed by atoms with van der Waals surface area (Å²) < 4.78 is 45.5. The largest absolute Gasteiger partial charge is 0.416 e. The fourth-order valence-electron chi connectivity index (χ4n) is 9.34. The van der Waals surface area contributed by atoms with Crippen molar-refractivity contribution in [3.63, 3.8) is 0 Å². The maximum absolute atomic E-state index is 13.2. The summed E-state index contributed by atoms with van der Waals surface area (Å²) in [5, 5.41) is 21.0. The third-order valence-corrected chi connectivity index (χ3v) is 11.8. The van der Waals surface area contributed by atoms with Crippen molar-refractivity contribution < 1.29 is 28.1 Å². The van der Waals surface area contributed by atoms with Crippen LogP contribution in [0.1, 0.15) is 105 Å². The molecular weight excluding hydrogens is 441 g/mol. The van der Waals surface area contributed by atoms with Gasteiger partial charge in [-0.2, -0.15) is 13.2 Å². The Morgan fingerprint density at radius 3 is 2.26 bits per heavy atom. The molecule has 0 radical (unpaired) electrons. The third kappa shape index (κ3) is 4.26. The predicted octanol–water partition coefficient (Wildman–Crippen LogP) is 6.89. The number of ether oxygens (including phenoxy) is 1. The van der Waals surface area contributed by atoms with Crippen LogP contribution in [0.2, 0.25) is 0 Å². The number of alkyl halides is 3. The van der Waals surface area contributed by atoms with Crippen LogP contribution < -0.4 is 0 Å². The normalized spacial score (nSPS) is 47.3. The zero-order valence-electron chi connectivity index (χ0n) is 21.9. The maximum Gasteiger partial charge on any atom is 0.416 e. The van der Waals surface area contributed by atoms with Crippen molar-refractivity contribution in [2.24, 2.45) is 40.4 Å². The molecule has 2 N–H and O–H groups in total. The molecule has 6 heteroatoms. The fourth-order valence-corrected chi connectivity index (χ4v) is 9.34. The Morgan fingerprint density at radius 1 is 0.971 bits per heavy atom. The van der Waals surface area contributed by atoms with Gasteiger partial charge in [-0.25, -0.2) is 0 Å². The highest BCUT2D eigenvalue weighted by atomic mass is 19.4. The molecule has 34 heavy (non-hydrogen) atoms. The summed E-state index contributed by atoms with van der Waals surface area (Å²) >= 11 is 0. The van der Waals surface area contributed by atoms with Gasteiger partial charge >= 0.3 is 6.18 Å². The van der Waals surface area contributed by atoms with Gasteiger partial charge in [0.15, 0.2) is 5.60 Å². The van der Waals surface area contributed by atoms with E-state index in [-0.39, 0.29) is 30.3 Å². The lowest BCUT2D eigenvalue weighted by Crippen LogP contribution is -2.56. The van der Waals surface area contributed by atoms with Crippen molar-refractivity contribution in [3.8, 4) is 0 Å². The molecule has 0 aromatic rings. The molecule has 4 aliphatic rings. The number of methoxy groups -OCH3 is 1. The van der Waals surface area contributed by atoms with E-state index in [1.807, 2.05) is 0 Å². The zero-order valence-corrected chi connectivity index (χ0v) is 21.9. The Bertz CT molecular complexity index is 739. The molecule has 0 amide bonds. The summed E-state index contributed by atoms with van der Waals surface area (Å²) in [5.74, 6) is 2.81. The van der Waals surface area contributed by atoms with E-state index in [9.17, 15) is 23.4 Å². The molecule has 0 aromatic carbocycles. The molecule has 198 valence electrons. The monoisotopic (exact) mass is 488 g/mol. The topological polar surface area (TPSA) is 49.7 Å². The van der Waals surface area contributed by atoms with Gasteiger partial charge in [-0.3, -0.25) is 0 Å². The second-order valence-electron chi connectivity index (χ2n) is 13.3. The van der Waals surface area contributed by atoms with Crippen LogP contribution in [0.15, 0.2) is 0 Å². The first kappa shape index (κ1) is 26.7. The minimum atomic E-state index is -4.62. The van der Waals surface area contributed by atoms with Crippen LogP contribution in [0.5, 0.6) is 0 Å². The lowest BCUT2D eigenvalue weighted by Gasteiger charge is -2.62. The maximum atomic E-state index is 13.2. The highest BCUT2D eigenvalue weighted by Crippen LogP contribution is 2.68. The third-order valence-electron chi connectivity index (χ3n) is 11.8. The summed E-state index contributed by atoms with van der Waals surface area (Å²) in [7, 11) is 1.62. The second kappa shape index (κ2) is 8.90. The average Bonchev–Trinajstić information content (AvgIpc) is 3.11. The molecule has 0 saturated heterocycles. The number of rotatable bonds is 6. The molecule has 0 aromatic heterocycles. The van der Waals surface area contributed by atoms with Crippen LogP contribution in [0.25, 0.3) is 0 Å². The van der Waals surface area contributed by atoms with Crippen LogP contribution >= 0.6 is 0 Å². The van der Waals surface area contributed by atoms with Crippen LogP contribution in [0.4, 0.5) is 13.2 Å². The first-order valence-electron chi connectivity index (χ1n) is 13.7. The predicted molar refractivity (Wildman–Crippen MR) is 127 cm³/mol. The first-order valence-corrected chi connectivity index (χ1v) is 13.7. The van der Waals surface area contributed by atoms with E-state index in [1.54, 1.807) is 7.11 Å². The molecule has 4 rings (SSSR count). The molecule has 4 saturated carbocycles. The molecule has 0 bridgehead atoms. The molecule has 0 spiro atoms.